The van der Waals surface area contributed by atoms with E-state index >= 15 is 0 Å². The molecule has 1 aromatic heterocycles. The molecule has 3 aromatic rings. The minimum Gasteiger partial charge on any atom is -0.490 e. The molecule has 0 bridgehead atoms. The normalized spacial score (nSPS) is 12.4. The Morgan fingerprint density at radius 1 is 1.24 bits per heavy atom. The van der Waals surface area contributed by atoms with Crippen LogP contribution in [0.15, 0.2) is 51.1 Å². The minimum atomic E-state index is -0.596. The van der Waals surface area contributed by atoms with E-state index in [4.69, 9.17) is 9.47 Å². The molecule has 0 unspecified atom stereocenters. The number of hydrogen-bond acceptors (Lipinski definition) is 5. The highest BCUT2D eigenvalue weighted by Crippen LogP contribution is 2.35. The molecule has 8 heteroatoms. The molecule has 1 atom stereocenters. The summed E-state index contributed by atoms with van der Waals surface area (Å²) in [7, 11) is 0. The SMILES string of the molecule is CCOc1cc(C=Nn2c(=O)[nH]c3ccccc3c2=O)cc(I)c1O[C@H](C)CC. The van der Waals surface area contributed by atoms with Crippen LogP contribution in [0.1, 0.15) is 32.8 Å². The molecule has 0 aliphatic heterocycles. The Morgan fingerprint density at radius 3 is 2.72 bits per heavy atom. The van der Waals surface area contributed by atoms with Crippen molar-refractivity contribution >= 4 is 39.7 Å². The van der Waals surface area contributed by atoms with Crippen molar-refractivity contribution < 1.29 is 9.47 Å². The summed E-state index contributed by atoms with van der Waals surface area (Å²) >= 11 is 2.18. The smallest absolute Gasteiger partial charge is 0.349 e. The second-order valence-corrected chi connectivity index (χ2v) is 7.60. The van der Waals surface area contributed by atoms with Gasteiger partial charge >= 0.3 is 5.69 Å². The van der Waals surface area contributed by atoms with Crippen molar-refractivity contribution in [3.63, 3.8) is 0 Å². The number of nitrogens with one attached hydrogen (secondary N) is 1. The van der Waals surface area contributed by atoms with Gasteiger partial charge in [-0.1, -0.05) is 19.1 Å². The monoisotopic (exact) mass is 507 g/mol. The lowest BCUT2D eigenvalue weighted by Gasteiger charge is -2.18. The Hall–Kier alpha value is -2.62. The molecule has 0 spiro atoms. The molecule has 0 saturated heterocycles. The van der Waals surface area contributed by atoms with E-state index in [0.717, 1.165) is 14.7 Å². The van der Waals surface area contributed by atoms with Crippen LogP contribution < -0.4 is 20.7 Å². The van der Waals surface area contributed by atoms with E-state index in [-0.39, 0.29) is 6.10 Å². The van der Waals surface area contributed by atoms with Crippen LogP contribution in [0.2, 0.25) is 0 Å². The number of fused-ring (bicyclic) bond motifs is 1. The first kappa shape index (κ1) is 21.1. The number of ether oxygens (including phenoxy) is 2. The van der Waals surface area contributed by atoms with Crippen molar-refractivity contribution in [1.29, 1.82) is 0 Å². The number of halogens is 1. The molecule has 29 heavy (non-hydrogen) atoms. The molecule has 0 fully saturated rings. The molecule has 0 saturated carbocycles. The Labute approximate surface area is 181 Å². The van der Waals surface area contributed by atoms with Crippen LogP contribution >= 0.6 is 22.6 Å². The van der Waals surface area contributed by atoms with E-state index in [1.165, 1.54) is 6.21 Å². The first-order valence-electron chi connectivity index (χ1n) is 9.36. The molecular formula is C21H22IN3O4. The van der Waals surface area contributed by atoms with Crippen molar-refractivity contribution in [3.05, 3.63) is 66.4 Å². The van der Waals surface area contributed by atoms with Gasteiger partial charge in [0.15, 0.2) is 11.5 Å². The first-order chi connectivity index (χ1) is 13.9. The maximum Gasteiger partial charge on any atom is 0.349 e. The molecule has 2 aromatic carbocycles. The zero-order valence-corrected chi connectivity index (χ0v) is 18.6. The van der Waals surface area contributed by atoms with Crippen molar-refractivity contribution in [2.75, 3.05) is 6.61 Å². The average Bonchev–Trinajstić information content (AvgIpc) is 2.70. The summed E-state index contributed by atoms with van der Waals surface area (Å²) in [6.45, 7) is 6.43. The van der Waals surface area contributed by atoms with Crippen LogP contribution in [0.25, 0.3) is 10.9 Å². The van der Waals surface area contributed by atoms with Gasteiger partial charge in [-0.05, 0) is 72.7 Å². The Bertz CT molecular complexity index is 1170. The van der Waals surface area contributed by atoms with E-state index in [1.807, 2.05) is 19.9 Å². The van der Waals surface area contributed by atoms with E-state index in [9.17, 15) is 9.59 Å². The fraction of sp³-hybridized carbons (Fsp3) is 0.286. The van der Waals surface area contributed by atoms with Crippen molar-refractivity contribution in [3.8, 4) is 11.5 Å². The number of H-pyrrole nitrogens is 1. The molecule has 0 amide bonds. The van der Waals surface area contributed by atoms with Gasteiger partial charge < -0.3 is 14.5 Å². The van der Waals surface area contributed by atoms with Crippen LogP contribution in [-0.4, -0.2) is 28.6 Å². The molecule has 3 rings (SSSR count). The van der Waals surface area contributed by atoms with Crippen LogP contribution in [0, 0.1) is 3.57 Å². The van der Waals surface area contributed by atoms with Gasteiger partial charge in [-0.2, -0.15) is 5.10 Å². The largest absolute Gasteiger partial charge is 0.490 e. The zero-order chi connectivity index (χ0) is 21.0. The van der Waals surface area contributed by atoms with Crippen molar-refractivity contribution in [2.45, 2.75) is 33.3 Å². The molecule has 7 nitrogen and oxygen atoms in total. The molecule has 0 aliphatic rings. The van der Waals surface area contributed by atoms with Gasteiger partial charge in [-0.25, -0.2) is 4.79 Å². The summed E-state index contributed by atoms with van der Waals surface area (Å²) in [6.07, 6.45) is 2.39. The number of rotatable bonds is 7. The van der Waals surface area contributed by atoms with Gasteiger partial charge in [0, 0.05) is 0 Å². The summed E-state index contributed by atoms with van der Waals surface area (Å²) in [5.41, 5.74) is 0.0981. The topological polar surface area (TPSA) is 85.7 Å². The fourth-order valence-corrected chi connectivity index (χ4v) is 3.46. The summed E-state index contributed by atoms with van der Waals surface area (Å²) in [6, 6.07) is 10.5. The zero-order valence-electron chi connectivity index (χ0n) is 16.4. The lowest BCUT2D eigenvalue weighted by Crippen LogP contribution is -2.32. The summed E-state index contributed by atoms with van der Waals surface area (Å²) in [4.78, 5) is 27.5. The van der Waals surface area contributed by atoms with E-state index < -0.39 is 11.2 Å². The summed E-state index contributed by atoms with van der Waals surface area (Å²) in [5, 5.41) is 4.51. The highest BCUT2D eigenvalue weighted by molar-refractivity contribution is 14.1. The predicted molar refractivity (Wildman–Crippen MR) is 123 cm³/mol. The molecule has 1 N–H and O–H groups in total. The molecular weight excluding hydrogens is 485 g/mol. The predicted octanol–water partition coefficient (Wildman–Crippen LogP) is 3.75. The van der Waals surface area contributed by atoms with Gasteiger partial charge in [0.2, 0.25) is 0 Å². The third-order valence-corrected chi connectivity index (χ3v) is 5.13. The molecule has 1 heterocycles. The van der Waals surface area contributed by atoms with E-state index in [1.54, 1.807) is 30.3 Å². The Balaban J connectivity index is 2.02. The number of nitrogens with zero attached hydrogens (tertiary/aromatic N) is 2. The average molecular weight is 507 g/mol. The fourth-order valence-electron chi connectivity index (χ4n) is 2.71. The standard InChI is InChI=1S/C21H22IN3O4/c1-4-13(3)29-19-16(22)10-14(11-18(19)28-5-2)12-23-25-20(26)15-8-6-7-9-17(15)24-21(25)27/h6-13H,4-5H2,1-3H3,(H,24,27)/t13-/m1/s1. The lowest BCUT2D eigenvalue weighted by molar-refractivity contribution is 0.201. The number of para-hydroxylation sites is 1. The number of hydrogen-bond donors (Lipinski definition) is 1. The number of benzene rings is 2. The molecule has 152 valence electrons. The van der Waals surface area contributed by atoms with Gasteiger partial charge in [-0.15, -0.1) is 4.68 Å². The van der Waals surface area contributed by atoms with E-state index in [0.29, 0.717) is 34.6 Å². The van der Waals surface area contributed by atoms with Crippen LogP contribution in [0.3, 0.4) is 0 Å². The molecule has 0 radical (unpaired) electrons. The quantitative estimate of drug-likeness (QED) is 0.390. The number of aromatic amines is 1. The Morgan fingerprint density at radius 2 is 2.00 bits per heavy atom. The van der Waals surface area contributed by atoms with Crippen LogP contribution in [0.4, 0.5) is 0 Å². The van der Waals surface area contributed by atoms with Gasteiger partial charge in [0.1, 0.15) is 0 Å². The Kier molecular flexibility index (Phi) is 6.73. The molecule has 0 aliphatic carbocycles. The maximum atomic E-state index is 12.6. The van der Waals surface area contributed by atoms with E-state index in [2.05, 4.69) is 39.6 Å². The highest BCUT2D eigenvalue weighted by atomic mass is 127. The second-order valence-electron chi connectivity index (χ2n) is 6.44. The lowest BCUT2D eigenvalue weighted by atomic mass is 10.2. The van der Waals surface area contributed by atoms with Gasteiger partial charge in [-0.3, -0.25) is 4.79 Å². The van der Waals surface area contributed by atoms with Crippen LogP contribution in [-0.2, 0) is 0 Å². The van der Waals surface area contributed by atoms with Crippen molar-refractivity contribution in [1.82, 2.24) is 9.66 Å². The second kappa shape index (κ2) is 9.25. The summed E-state index contributed by atoms with van der Waals surface area (Å²) < 4.78 is 13.4. The summed E-state index contributed by atoms with van der Waals surface area (Å²) in [5.74, 6) is 1.28. The third-order valence-electron chi connectivity index (χ3n) is 4.33. The maximum absolute atomic E-state index is 12.6. The van der Waals surface area contributed by atoms with Gasteiger partial charge in [0.05, 0.1) is 33.4 Å². The number of aromatic nitrogens is 2. The highest BCUT2D eigenvalue weighted by Gasteiger charge is 2.14. The van der Waals surface area contributed by atoms with Crippen LogP contribution in [0.5, 0.6) is 11.5 Å². The third kappa shape index (κ3) is 4.69. The van der Waals surface area contributed by atoms with Crippen molar-refractivity contribution in [2.24, 2.45) is 5.10 Å². The van der Waals surface area contributed by atoms with Gasteiger partial charge in [0.25, 0.3) is 5.56 Å². The first-order valence-corrected chi connectivity index (χ1v) is 10.4. The minimum absolute atomic E-state index is 0.0528.